The second-order valence-corrected chi connectivity index (χ2v) is 6.02. The molecule has 1 aromatic carbocycles. The Morgan fingerprint density at radius 1 is 1.32 bits per heavy atom. The maximum atomic E-state index is 11.2. The van der Waals surface area contributed by atoms with Gasteiger partial charge in [0.2, 0.25) is 0 Å². The topological polar surface area (TPSA) is 40.5 Å². The summed E-state index contributed by atoms with van der Waals surface area (Å²) >= 11 is 0. The molecule has 3 nitrogen and oxygen atoms in total. The predicted molar refractivity (Wildman–Crippen MR) is 75.4 cm³/mol. The Kier molecular flexibility index (Phi) is 3.21. The summed E-state index contributed by atoms with van der Waals surface area (Å²) in [5.74, 6) is 0.859. The maximum Gasteiger partial charge on any atom is 0.323 e. The minimum Gasteiger partial charge on any atom is -0.480 e. The highest BCUT2D eigenvalue weighted by Gasteiger charge is 2.47. The highest BCUT2D eigenvalue weighted by atomic mass is 16.4. The molecule has 2 saturated carbocycles. The lowest BCUT2D eigenvalue weighted by molar-refractivity contribution is -0.135. The van der Waals surface area contributed by atoms with Gasteiger partial charge in [-0.2, -0.15) is 0 Å². The van der Waals surface area contributed by atoms with Crippen molar-refractivity contribution in [3.8, 4) is 0 Å². The summed E-state index contributed by atoms with van der Waals surface area (Å²) in [4.78, 5) is 13.3. The first-order valence-corrected chi connectivity index (χ1v) is 7.20. The number of fused-ring (bicyclic) bond motifs is 1. The molecule has 2 aliphatic carbocycles. The van der Waals surface area contributed by atoms with Crippen LogP contribution in [0.1, 0.15) is 31.2 Å². The van der Waals surface area contributed by atoms with E-state index in [1.807, 2.05) is 0 Å². The second kappa shape index (κ2) is 4.87. The van der Waals surface area contributed by atoms with Crippen molar-refractivity contribution >= 4 is 11.7 Å². The van der Waals surface area contributed by atoms with E-state index in [0.29, 0.717) is 6.04 Å². The van der Waals surface area contributed by atoms with Gasteiger partial charge in [-0.1, -0.05) is 30.5 Å². The molecule has 1 N–H and O–H groups in total. The minimum atomic E-state index is -0.733. The number of benzene rings is 1. The zero-order valence-electron chi connectivity index (χ0n) is 11.4. The van der Waals surface area contributed by atoms with E-state index in [-0.39, 0.29) is 6.54 Å². The summed E-state index contributed by atoms with van der Waals surface area (Å²) in [5.41, 5.74) is 2.28. The van der Waals surface area contributed by atoms with Gasteiger partial charge in [-0.25, -0.2) is 0 Å². The molecule has 0 heterocycles. The molecule has 102 valence electrons. The number of anilines is 1. The van der Waals surface area contributed by atoms with Gasteiger partial charge < -0.3 is 10.0 Å². The summed E-state index contributed by atoms with van der Waals surface area (Å²) in [5, 5.41) is 9.19. The van der Waals surface area contributed by atoms with Crippen molar-refractivity contribution in [1.82, 2.24) is 0 Å². The number of carboxylic acids is 1. The average molecular weight is 259 g/mol. The number of carboxylic acid groups (broad SMARTS) is 1. The van der Waals surface area contributed by atoms with E-state index in [1.54, 1.807) is 0 Å². The van der Waals surface area contributed by atoms with Crippen molar-refractivity contribution in [3.05, 3.63) is 29.8 Å². The van der Waals surface area contributed by atoms with Gasteiger partial charge in [0.15, 0.2) is 0 Å². The second-order valence-electron chi connectivity index (χ2n) is 6.02. The van der Waals surface area contributed by atoms with E-state index >= 15 is 0 Å². The first-order chi connectivity index (χ1) is 9.15. The van der Waals surface area contributed by atoms with Crippen LogP contribution in [0, 0.1) is 18.8 Å². The monoisotopic (exact) mass is 259 g/mol. The lowest BCUT2D eigenvalue weighted by Crippen LogP contribution is -2.42. The minimum absolute atomic E-state index is 0.122. The zero-order chi connectivity index (χ0) is 13.4. The van der Waals surface area contributed by atoms with Gasteiger partial charge in [-0.3, -0.25) is 4.79 Å². The number of nitrogens with zero attached hydrogens (tertiary/aromatic N) is 1. The van der Waals surface area contributed by atoms with Gasteiger partial charge in [-0.05, 0) is 43.7 Å². The SMILES string of the molecule is Cc1ccc(N(CC(=O)O)C2CCCC3CC32)cc1. The fraction of sp³-hybridized carbons (Fsp3) is 0.562. The number of aliphatic carboxylic acids is 1. The first-order valence-electron chi connectivity index (χ1n) is 7.20. The van der Waals surface area contributed by atoms with Crippen molar-refractivity contribution in [3.63, 3.8) is 0 Å². The Morgan fingerprint density at radius 2 is 2.05 bits per heavy atom. The highest BCUT2D eigenvalue weighted by Crippen LogP contribution is 2.51. The van der Waals surface area contributed by atoms with E-state index in [1.165, 1.54) is 24.8 Å². The molecule has 0 bridgehead atoms. The van der Waals surface area contributed by atoms with Crippen LogP contribution in [-0.2, 0) is 4.79 Å². The molecule has 2 fully saturated rings. The standard InChI is InChI=1S/C16H21NO2/c1-11-5-7-13(8-6-11)17(10-16(18)19)15-4-2-3-12-9-14(12)15/h5-8,12,14-15H,2-4,9-10H2,1H3,(H,18,19). The molecule has 19 heavy (non-hydrogen) atoms. The van der Waals surface area contributed by atoms with Crippen LogP contribution < -0.4 is 4.90 Å². The van der Waals surface area contributed by atoms with Crippen molar-refractivity contribution in [2.24, 2.45) is 11.8 Å². The average Bonchev–Trinajstić information content (AvgIpc) is 3.16. The first kappa shape index (κ1) is 12.5. The molecule has 3 heteroatoms. The number of rotatable bonds is 4. The lowest BCUT2D eigenvalue weighted by atomic mass is 9.93. The molecular weight excluding hydrogens is 238 g/mol. The van der Waals surface area contributed by atoms with Gasteiger partial charge in [0.1, 0.15) is 6.54 Å². The number of carbonyl (C=O) groups is 1. The Labute approximate surface area is 114 Å². The molecule has 0 aliphatic heterocycles. The van der Waals surface area contributed by atoms with Crippen LogP contribution >= 0.6 is 0 Å². The molecule has 0 spiro atoms. The Balaban J connectivity index is 1.84. The summed E-state index contributed by atoms with van der Waals surface area (Å²) in [6, 6.07) is 8.68. The third kappa shape index (κ3) is 2.60. The van der Waals surface area contributed by atoms with E-state index in [0.717, 1.165) is 23.9 Å². The zero-order valence-corrected chi connectivity index (χ0v) is 11.4. The molecule has 3 atom stereocenters. The Bertz CT molecular complexity index is 468. The van der Waals surface area contributed by atoms with Crippen LogP contribution in [0.4, 0.5) is 5.69 Å². The van der Waals surface area contributed by atoms with Gasteiger partial charge in [-0.15, -0.1) is 0 Å². The normalized spacial score (nSPS) is 28.6. The summed E-state index contributed by atoms with van der Waals surface area (Å²) in [6.07, 6.45) is 5.03. The molecule has 0 saturated heterocycles. The number of hydrogen-bond acceptors (Lipinski definition) is 2. The summed E-state index contributed by atoms with van der Waals surface area (Å²) < 4.78 is 0. The van der Waals surface area contributed by atoms with E-state index in [2.05, 4.69) is 36.1 Å². The number of hydrogen-bond donors (Lipinski definition) is 1. The van der Waals surface area contributed by atoms with Crippen LogP contribution in [0.3, 0.4) is 0 Å². The smallest absolute Gasteiger partial charge is 0.323 e. The van der Waals surface area contributed by atoms with E-state index < -0.39 is 5.97 Å². The Hall–Kier alpha value is -1.51. The third-order valence-corrected chi connectivity index (χ3v) is 4.62. The lowest BCUT2D eigenvalue weighted by Gasteiger charge is -2.35. The van der Waals surface area contributed by atoms with E-state index in [9.17, 15) is 9.90 Å². The van der Waals surface area contributed by atoms with Crippen LogP contribution in [0.25, 0.3) is 0 Å². The summed E-state index contributed by atoms with van der Waals surface area (Å²) in [6.45, 7) is 2.18. The molecule has 3 unspecified atom stereocenters. The maximum absolute atomic E-state index is 11.2. The molecule has 1 aromatic rings. The molecule has 0 amide bonds. The van der Waals surface area contributed by atoms with Crippen molar-refractivity contribution in [2.45, 2.75) is 38.6 Å². The largest absolute Gasteiger partial charge is 0.480 e. The van der Waals surface area contributed by atoms with Crippen LogP contribution in [0.5, 0.6) is 0 Å². The van der Waals surface area contributed by atoms with Gasteiger partial charge in [0.25, 0.3) is 0 Å². The number of aryl methyl sites for hydroxylation is 1. The molecular formula is C16H21NO2. The van der Waals surface area contributed by atoms with Gasteiger partial charge in [0, 0.05) is 11.7 Å². The van der Waals surface area contributed by atoms with Crippen molar-refractivity contribution in [2.75, 3.05) is 11.4 Å². The fourth-order valence-electron chi connectivity index (χ4n) is 3.55. The van der Waals surface area contributed by atoms with Gasteiger partial charge in [0.05, 0.1) is 0 Å². The van der Waals surface area contributed by atoms with Crippen molar-refractivity contribution < 1.29 is 9.90 Å². The molecule has 3 rings (SSSR count). The van der Waals surface area contributed by atoms with Crippen molar-refractivity contribution in [1.29, 1.82) is 0 Å². The molecule has 0 radical (unpaired) electrons. The molecule has 2 aliphatic rings. The quantitative estimate of drug-likeness (QED) is 0.903. The molecule has 0 aromatic heterocycles. The summed E-state index contributed by atoms with van der Waals surface area (Å²) in [7, 11) is 0. The van der Waals surface area contributed by atoms with E-state index in [4.69, 9.17) is 0 Å². The van der Waals surface area contributed by atoms with Crippen LogP contribution in [0.15, 0.2) is 24.3 Å². The third-order valence-electron chi connectivity index (χ3n) is 4.62. The predicted octanol–water partition coefficient (Wildman–Crippen LogP) is 3.07. The Morgan fingerprint density at radius 3 is 2.74 bits per heavy atom. The highest BCUT2D eigenvalue weighted by molar-refractivity contribution is 5.74. The van der Waals surface area contributed by atoms with Gasteiger partial charge >= 0.3 is 5.97 Å². The van der Waals surface area contributed by atoms with Crippen LogP contribution in [-0.4, -0.2) is 23.7 Å². The fourth-order valence-corrected chi connectivity index (χ4v) is 3.55. The van der Waals surface area contributed by atoms with Crippen LogP contribution in [0.2, 0.25) is 0 Å².